The van der Waals surface area contributed by atoms with E-state index in [0.717, 1.165) is 15.8 Å². The number of nitrogens with zero attached hydrogens (tertiary/aromatic N) is 3. The molecule has 0 saturated heterocycles. The number of fused-ring (bicyclic) bond motifs is 1. The summed E-state index contributed by atoms with van der Waals surface area (Å²) in [7, 11) is 0.0877. The Hall–Kier alpha value is -2.00. The first-order valence-electron chi connectivity index (χ1n) is 8.86. The van der Waals surface area contributed by atoms with Gasteiger partial charge >= 0.3 is 0 Å². The van der Waals surface area contributed by atoms with Gasteiger partial charge in [-0.1, -0.05) is 41.2 Å². The Morgan fingerprint density at radius 2 is 1.69 bits per heavy atom. The zero-order valence-corrected chi connectivity index (χ0v) is 19.0. The van der Waals surface area contributed by atoms with Crippen LogP contribution in [-0.2, 0) is 14.6 Å². The first kappa shape index (κ1) is 23.3. The van der Waals surface area contributed by atoms with Gasteiger partial charge in [-0.3, -0.25) is 9.69 Å². The van der Waals surface area contributed by atoms with Gasteiger partial charge in [0.05, 0.1) is 15.1 Å². The average Bonchev–Trinajstić information content (AvgIpc) is 3.05. The Morgan fingerprint density at radius 3 is 2.31 bits per heavy atom. The lowest BCUT2D eigenvalue weighted by Gasteiger charge is -2.22. The summed E-state index contributed by atoms with van der Waals surface area (Å²) in [6, 6.07) is 14.2. The lowest BCUT2D eigenvalue weighted by molar-refractivity contribution is -0.116. The molecule has 156 valence electrons. The van der Waals surface area contributed by atoms with Crippen LogP contribution >= 0.6 is 23.7 Å². The number of anilines is 1. The van der Waals surface area contributed by atoms with Crippen molar-refractivity contribution in [1.82, 2.24) is 9.88 Å². The van der Waals surface area contributed by atoms with Crippen molar-refractivity contribution in [2.45, 2.75) is 11.8 Å². The Bertz CT molecular complexity index is 1050. The Labute approximate surface area is 181 Å². The van der Waals surface area contributed by atoms with Crippen LogP contribution in [-0.4, -0.2) is 57.1 Å². The summed E-state index contributed by atoms with van der Waals surface area (Å²) in [6.45, 7) is 2.86. The minimum atomic E-state index is -3.73. The van der Waals surface area contributed by atoms with E-state index < -0.39 is 21.5 Å². The number of likely N-dealkylation sites (N-methyl/N-ethyl adjacent to an activating group) is 1. The van der Waals surface area contributed by atoms with Gasteiger partial charge in [0.15, 0.2) is 15.0 Å². The molecule has 9 heteroatoms. The molecule has 0 unspecified atom stereocenters. The van der Waals surface area contributed by atoms with Crippen LogP contribution in [0.15, 0.2) is 53.4 Å². The van der Waals surface area contributed by atoms with Crippen LogP contribution in [0.1, 0.15) is 5.56 Å². The van der Waals surface area contributed by atoms with E-state index in [-0.39, 0.29) is 17.3 Å². The second-order valence-electron chi connectivity index (χ2n) is 6.88. The third kappa shape index (κ3) is 5.76. The predicted molar refractivity (Wildman–Crippen MR) is 121 cm³/mol. The highest BCUT2D eigenvalue weighted by Gasteiger charge is 2.26. The molecule has 29 heavy (non-hydrogen) atoms. The number of hydrogen-bond acceptors (Lipinski definition) is 6. The number of rotatable bonds is 7. The summed E-state index contributed by atoms with van der Waals surface area (Å²) in [5.41, 5.74) is 1.76. The molecule has 0 aliphatic rings. The third-order valence-corrected chi connectivity index (χ3v) is 6.96. The first-order chi connectivity index (χ1) is 13.3. The van der Waals surface area contributed by atoms with Gasteiger partial charge in [-0.2, -0.15) is 0 Å². The van der Waals surface area contributed by atoms with E-state index in [1.54, 1.807) is 24.3 Å². The first-order valence-corrected chi connectivity index (χ1v) is 11.3. The van der Waals surface area contributed by atoms with Gasteiger partial charge in [0.25, 0.3) is 0 Å². The molecular formula is C20H24ClN3O3S2. The number of para-hydroxylation sites is 1. The molecule has 0 spiro atoms. The van der Waals surface area contributed by atoms with Gasteiger partial charge in [0.1, 0.15) is 5.75 Å². The van der Waals surface area contributed by atoms with Crippen molar-refractivity contribution in [3.63, 3.8) is 0 Å². The number of thiazole rings is 1. The van der Waals surface area contributed by atoms with Crippen LogP contribution in [0, 0.1) is 6.92 Å². The Morgan fingerprint density at radius 1 is 1.03 bits per heavy atom. The molecule has 1 heterocycles. The number of hydrogen-bond donors (Lipinski definition) is 0. The largest absolute Gasteiger partial charge is 0.308 e. The molecule has 0 bridgehead atoms. The summed E-state index contributed by atoms with van der Waals surface area (Å²) < 4.78 is 26.4. The molecule has 3 aromatic rings. The van der Waals surface area contributed by atoms with Gasteiger partial charge in [0.2, 0.25) is 5.91 Å². The molecule has 0 aliphatic carbocycles. The molecule has 1 amide bonds. The van der Waals surface area contributed by atoms with E-state index in [9.17, 15) is 13.2 Å². The topological polar surface area (TPSA) is 70.6 Å². The molecular weight excluding hydrogens is 430 g/mol. The summed E-state index contributed by atoms with van der Waals surface area (Å²) in [4.78, 5) is 21.1. The van der Waals surface area contributed by atoms with Crippen molar-refractivity contribution < 1.29 is 13.2 Å². The van der Waals surface area contributed by atoms with Crippen LogP contribution in [0.5, 0.6) is 0 Å². The summed E-state index contributed by atoms with van der Waals surface area (Å²) in [6.07, 6.45) is 0. The highest BCUT2D eigenvalue weighted by Crippen LogP contribution is 2.29. The van der Waals surface area contributed by atoms with Crippen molar-refractivity contribution in [3.05, 3.63) is 54.1 Å². The second kappa shape index (κ2) is 9.67. The standard InChI is InChI=1S/C20H23N3O3S2.ClH/c1-15-8-10-16(11-9-15)28(25,26)14-19(24)23(13-12-22(2)3)20-21-17-6-4-5-7-18(17)27-20;/h4-11H,12-14H2,1-3H3;1H. The zero-order valence-electron chi connectivity index (χ0n) is 16.5. The van der Waals surface area contributed by atoms with Gasteiger partial charge in [-0.25, -0.2) is 13.4 Å². The molecule has 2 aromatic carbocycles. The van der Waals surface area contributed by atoms with E-state index in [1.807, 2.05) is 50.2 Å². The third-order valence-electron chi connectivity index (χ3n) is 4.28. The monoisotopic (exact) mass is 453 g/mol. The molecule has 6 nitrogen and oxygen atoms in total. The highest BCUT2D eigenvalue weighted by molar-refractivity contribution is 7.92. The van der Waals surface area contributed by atoms with Gasteiger partial charge in [0, 0.05) is 13.1 Å². The molecule has 0 aliphatic heterocycles. The number of aryl methyl sites for hydroxylation is 1. The number of carbonyl (C=O) groups excluding carboxylic acids is 1. The Balaban J connectivity index is 0.00000300. The van der Waals surface area contributed by atoms with Crippen LogP contribution in [0.4, 0.5) is 5.13 Å². The lowest BCUT2D eigenvalue weighted by Crippen LogP contribution is -2.40. The summed E-state index contributed by atoms with van der Waals surface area (Å²) in [5, 5.41) is 0.521. The van der Waals surface area contributed by atoms with E-state index in [4.69, 9.17) is 0 Å². The molecule has 0 fully saturated rings. The van der Waals surface area contributed by atoms with Crippen molar-refractivity contribution in [1.29, 1.82) is 0 Å². The smallest absolute Gasteiger partial charge is 0.244 e. The van der Waals surface area contributed by atoms with Crippen molar-refractivity contribution in [2.24, 2.45) is 0 Å². The molecule has 0 N–H and O–H groups in total. The normalized spacial score (nSPS) is 11.4. The van der Waals surface area contributed by atoms with E-state index >= 15 is 0 Å². The predicted octanol–water partition coefficient (Wildman–Crippen LogP) is 3.40. The van der Waals surface area contributed by atoms with Gasteiger partial charge in [-0.05, 0) is 45.3 Å². The summed E-state index contributed by atoms with van der Waals surface area (Å²) in [5.74, 6) is -1.05. The fourth-order valence-corrected chi connectivity index (χ4v) is 4.88. The van der Waals surface area contributed by atoms with Crippen LogP contribution in [0.2, 0.25) is 0 Å². The van der Waals surface area contributed by atoms with Crippen LogP contribution in [0.3, 0.4) is 0 Å². The van der Waals surface area contributed by atoms with E-state index in [2.05, 4.69) is 4.98 Å². The molecule has 0 radical (unpaired) electrons. The number of sulfone groups is 1. The van der Waals surface area contributed by atoms with E-state index in [0.29, 0.717) is 18.2 Å². The van der Waals surface area contributed by atoms with Gasteiger partial charge in [-0.15, -0.1) is 12.4 Å². The maximum atomic E-state index is 13.0. The average molecular weight is 454 g/mol. The van der Waals surface area contributed by atoms with Gasteiger partial charge < -0.3 is 4.90 Å². The molecule has 0 atom stereocenters. The lowest BCUT2D eigenvalue weighted by atomic mass is 10.2. The fourth-order valence-electron chi connectivity index (χ4n) is 2.67. The van der Waals surface area contributed by atoms with Crippen molar-refractivity contribution in [3.8, 4) is 0 Å². The minimum Gasteiger partial charge on any atom is -0.308 e. The highest BCUT2D eigenvalue weighted by atomic mass is 35.5. The fraction of sp³-hybridized carbons (Fsp3) is 0.300. The summed E-state index contributed by atoms with van der Waals surface area (Å²) >= 11 is 1.39. The molecule has 3 rings (SSSR count). The quantitative estimate of drug-likeness (QED) is 0.548. The molecule has 0 saturated carbocycles. The Kier molecular flexibility index (Phi) is 7.76. The molecule has 1 aromatic heterocycles. The maximum Gasteiger partial charge on any atom is 0.244 e. The SMILES string of the molecule is Cc1ccc(S(=O)(=O)CC(=O)N(CCN(C)C)c2nc3ccccc3s2)cc1.Cl. The number of benzene rings is 2. The number of carbonyl (C=O) groups is 1. The van der Waals surface area contributed by atoms with Crippen molar-refractivity contribution in [2.75, 3.05) is 37.8 Å². The number of aromatic nitrogens is 1. The minimum absolute atomic E-state index is 0. The van der Waals surface area contributed by atoms with Crippen molar-refractivity contribution >= 4 is 54.8 Å². The zero-order chi connectivity index (χ0) is 20.3. The van der Waals surface area contributed by atoms with E-state index in [1.165, 1.54) is 16.2 Å². The number of halogens is 1. The second-order valence-corrected chi connectivity index (χ2v) is 9.88. The van der Waals surface area contributed by atoms with Crippen LogP contribution in [0.25, 0.3) is 10.2 Å². The maximum absolute atomic E-state index is 13.0. The number of amides is 1. The van der Waals surface area contributed by atoms with Crippen LogP contribution < -0.4 is 4.90 Å².